The summed E-state index contributed by atoms with van der Waals surface area (Å²) >= 11 is 8.02. The van der Waals surface area contributed by atoms with E-state index in [-0.39, 0.29) is 21.4 Å². The lowest BCUT2D eigenvalue weighted by Gasteiger charge is -2.25. The van der Waals surface area contributed by atoms with Crippen molar-refractivity contribution < 1.29 is 27.1 Å². The lowest BCUT2D eigenvalue weighted by molar-refractivity contribution is -0.114. The third kappa shape index (κ3) is 5.87. The highest BCUT2D eigenvalue weighted by molar-refractivity contribution is 14.1. The number of rotatable bonds is 8. The van der Waals surface area contributed by atoms with Gasteiger partial charge in [0.25, 0.3) is 10.0 Å². The maximum atomic E-state index is 13.7. The lowest BCUT2D eigenvalue weighted by Crippen LogP contribution is -2.38. The Labute approximate surface area is 209 Å². The van der Waals surface area contributed by atoms with Crippen molar-refractivity contribution >= 4 is 61.5 Å². The van der Waals surface area contributed by atoms with E-state index >= 15 is 0 Å². The molecule has 0 bridgehead atoms. The predicted octanol–water partition coefficient (Wildman–Crippen LogP) is 4.93. The molecular weight excluding hydrogens is 586 g/mol. The Bertz CT molecular complexity index is 1270. The number of carbonyl (C=O) groups is 1. The SMILES string of the molecule is COc1ccc(S(=O)(=O)N(CC(=O)Nc2ccc(I)cc2)c2ccc(F)c(Cl)c2)cc1OC. The van der Waals surface area contributed by atoms with Gasteiger partial charge in [-0.25, -0.2) is 12.8 Å². The van der Waals surface area contributed by atoms with Gasteiger partial charge in [-0.2, -0.15) is 0 Å². The summed E-state index contributed by atoms with van der Waals surface area (Å²) in [6.07, 6.45) is 0. The van der Waals surface area contributed by atoms with Crippen molar-refractivity contribution in [3.8, 4) is 11.5 Å². The summed E-state index contributed by atoms with van der Waals surface area (Å²) in [7, 11) is -1.48. The fourth-order valence-electron chi connectivity index (χ4n) is 2.92. The molecule has 0 spiro atoms. The fraction of sp³-hybridized carbons (Fsp3) is 0.136. The molecule has 0 aliphatic carbocycles. The summed E-state index contributed by atoms with van der Waals surface area (Å²) in [5.74, 6) is -0.781. The Balaban J connectivity index is 2.01. The third-order valence-electron chi connectivity index (χ3n) is 4.55. The molecule has 0 aliphatic heterocycles. The van der Waals surface area contributed by atoms with Gasteiger partial charge in [-0.15, -0.1) is 0 Å². The van der Waals surface area contributed by atoms with E-state index in [1.54, 1.807) is 24.3 Å². The molecule has 0 saturated carbocycles. The van der Waals surface area contributed by atoms with Crippen LogP contribution >= 0.6 is 34.2 Å². The molecule has 33 heavy (non-hydrogen) atoms. The van der Waals surface area contributed by atoms with Gasteiger partial charge in [0.05, 0.1) is 29.8 Å². The van der Waals surface area contributed by atoms with Crippen LogP contribution < -0.4 is 19.1 Å². The zero-order valence-corrected chi connectivity index (χ0v) is 21.2. The zero-order chi connectivity index (χ0) is 24.2. The van der Waals surface area contributed by atoms with Gasteiger partial charge in [0.15, 0.2) is 11.5 Å². The van der Waals surface area contributed by atoms with Crippen molar-refractivity contribution in [3.05, 3.63) is 75.1 Å². The number of carbonyl (C=O) groups excluding carboxylic acids is 1. The monoisotopic (exact) mass is 604 g/mol. The van der Waals surface area contributed by atoms with Gasteiger partial charge in [0, 0.05) is 15.3 Å². The largest absolute Gasteiger partial charge is 0.493 e. The minimum atomic E-state index is -4.28. The van der Waals surface area contributed by atoms with Crippen molar-refractivity contribution in [2.24, 2.45) is 0 Å². The molecule has 0 fully saturated rings. The van der Waals surface area contributed by atoms with Gasteiger partial charge in [-0.05, 0) is 77.2 Å². The number of methoxy groups -OCH3 is 2. The third-order valence-corrected chi connectivity index (χ3v) is 7.33. The highest BCUT2D eigenvalue weighted by Gasteiger charge is 2.29. The molecule has 0 atom stereocenters. The number of hydrogen-bond acceptors (Lipinski definition) is 5. The van der Waals surface area contributed by atoms with Crippen molar-refractivity contribution in [3.63, 3.8) is 0 Å². The van der Waals surface area contributed by atoms with Crippen molar-refractivity contribution in [1.29, 1.82) is 0 Å². The Hall–Kier alpha value is -2.57. The summed E-state index contributed by atoms with van der Waals surface area (Å²) in [6.45, 7) is -0.579. The second-order valence-corrected chi connectivity index (χ2v) is 10.2. The van der Waals surface area contributed by atoms with E-state index in [2.05, 4.69) is 27.9 Å². The highest BCUT2D eigenvalue weighted by Crippen LogP contribution is 2.33. The minimum absolute atomic E-state index is 0.0222. The fourth-order valence-corrected chi connectivity index (χ4v) is 4.89. The van der Waals surface area contributed by atoms with E-state index in [1.807, 2.05) is 0 Å². The van der Waals surface area contributed by atoms with E-state index in [1.165, 1.54) is 38.5 Å². The first-order valence-corrected chi connectivity index (χ1v) is 12.3. The van der Waals surface area contributed by atoms with E-state index in [0.29, 0.717) is 11.4 Å². The average molecular weight is 605 g/mol. The smallest absolute Gasteiger partial charge is 0.264 e. The maximum absolute atomic E-state index is 13.7. The second-order valence-electron chi connectivity index (χ2n) is 6.68. The number of halogens is 3. The quantitative estimate of drug-likeness (QED) is 0.369. The topological polar surface area (TPSA) is 84.9 Å². The molecule has 0 aromatic heterocycles. The van der Waals surface area contributed by atoms with Gasteiger partial charge < -0.3 is 14.8 Å². The molecule has 0 saturated heterocycles. The van der Waals surface area contributed by atoms with Crippen molar-refractivity contribution in [2.75, 3.05) is 30.4 Å². The summed E-state index contributed by atoms with van der Waals surface area (Å²) in [5.41, 5.74) is 0.523. The normalized spacial score (nSPS) is 11.1. The summed E-state index contributed by atoms with van der Waals surface area (Å²) in [5, 5.41) is 2.38. The van der Waals surface area contributed by atoms with E-state index < -0.39 is 28.3 Å². The Morgan fingerprint density at radius 3 is 2.30 bits per heavy atom. The van der Waals surface area contributed by atoms with Crippen LogP contribution in [0.5, 0.6) is 11.5 Å². The van der Waals surface area contributed by atoms with Crippen molar-refractivity contribution in [2.45, 2.75) is 4.90 Å². The summed E-state index contributed by atoms with van der Waals surface area (Å²) in [6, 6.07) is 14.4. The number of anilines is 2. The molecule has 1 amide bonds. The number of benzene rings is 3. The first-order chi connectivity index (χ1) is 15.6. The molecule has 3 rings (SSSR count). The standard InChI is InChI=1S/C22H19ClFIN2O5S/c1-31-20-10-8-17(12-21(20)32-2)33(29,30)27(16-7-9-19(24)18(23)11-16)13-22(28)26-15-5-3-14(25)4-6-15/h3-12H,13H2,1-2H3,(H,26,28). The first kappa shape index (κ1) is 25.1. The zero-order valence-electron chi connectivity index (χ0n) is 17.5. The molecule has 0 aliphatic rings. The van der Waals surface area contributed by atoms with Crippen LogP contribution in [-0.4, -0.2) is 35.1 Å². The van der Waals surface area contributed by atoms with Crippen LogP contribution in [0.25, 0.3) is 0 Å². The Kier molecular flexibility index (Phi) is 8.03. The molecule has 0 unspecified atom stereocenters. The van der Waals surface area contributed by atoms with Crippen LogP contribution in [0.1, 0.15) is 0 Å². The summed E-state index contributed by atoms with van der Waals surface area (Å²) < 4.78 is 53.0. The first-order valence-electron chi connectivity index (χ1n) is 9.41. The average Bonchev–Trinajstić information content (AvgIpc) is 2.80. The molecule has 0 radical (unpaired) electrons. The molecule has 1 N–H and O–H groups in total. The molecule has 174 valence electrons. The van der Waals surface area contributed by atoms with Gasteiger partial charge in [0.2, 0.25) is 5.91 Å². The van der Waals surface area contributed by atoms with E-state index in [9.17, 15) is 17.6 Å². The van der Waals surface area contributed by atoms with Crippen LogP contribution in [-0.2, 0) is 14.8 Å². The summed E-state index contributed by atoms with van der Waals surface area (Å²) in [4.78, 5) is 12.6. The number of amides is 1. The van der Waals surface area contributed by atoms with E-state index in [0.717, 1.165) is 20.0 Å². The van der Waals surface area contributed by atoms with Crippen LogP contribution in [0, 0.1) is 9.39 Å². The number of hydrogen-bond donors (Lipinski definition) is 1. The van der Waals surface area contributed by atoms with Crippen LogP contribution in [0.2, 0.25) is 5.02 Å². The van der Waals surface area contributed by atoms with Gasteiger partial charge >= 0.3 is 0 Å². The Morgan fingerprint density at radius 1 is 1.03 bits per heavy atom. The lowest BCUT2D eigenvalue weighted by atomic mass is 10.3. The number of nitrogens with one attached hydrogen (secondary N) is 1. The van der Waals surface area contributed by atoms with Crippen LogP contribution in [0.15, 0.2) is 65.6 Å². The molecule has 11 heteroatoms. The van der Waals surface area contributed by atoms with Crippen LogP contribution in [0.3, 0.4) is 0 Å². The number of nitrogens with zero attached hydrogens (tertiary/aromatic N) is 1. The van der Waals surface area contributed by atoms with Gasteiger partial charge in [0.1, 0.15) is 12.4 Å². The van der Waals surface area contributed by atoms with E-state index in [4.69, 9.17) is 21.1 Å². The number of sulfonamides is 1. The minimum Gasteiger partial charge on any atom is -0.493 e. The number of ether oxygens (including phenoxy) is 2. The molecule has 3 aromatic rings. The van der Waals surface area contributed by atoms with Crippen molar-refractivity contribution in [1.82, 2.24) is 0 Å². The predicted molar refractivity (Wildman–Crippen MR) is 133 cm³/mol. The molecule has 0 heterocycles. The van der Waals surface area contributed by atoms with Gasteiger partial charge in [-0.1, -0.05) is 11.6 Å². The molecule has 7 nitrogen and oxygen atoms in total. The van der Waals surface area contributed by atoms with Crippen LogP contribution in [0.4, 0.5) is 15.8 Å². The van der Waals surface area contributed by atoms with Gasteiger partial charge in [-0.3, -0.25) is 9.10 Å². The Morgan fingerprint density at radius 2 is 1.70 bits per heavy atom. The molecular formula is C22H19ClFIN2O5S. The molecule has 3 aromatic carbocycles. The maximum Gasteiger partial charge on any atom is 0.264 e. The second kappa shape index (κ2) is 10.6. The highest BCUT2D eigenvalue weighted by atomic mass is 127.